The predicted molar refractivity (Wildman–Crippen MR) is 127 cm³/mol. The molecule has 2 atom stereocenters. The largest absolute Gasteiger partial charge is 0.477 e. The Morgan fingerprint density at radius 2 is 2.24 bits per heavy atom. The number of hydrogen-bond donors (Lipinski definition) is 2. The van der Waals surface area contributed by atoms with Crippen LogP contribution in [0.1, 0.15) is 0 Å². The first kappa shape index (κ1) is 24.0. The van der Waals surface area contributed by atoms with Crippen LogP contribution in [-0.2, 0) is 26.3 Å². The molecule has 16 heteroatoms. The summed E-state index contributed by atoms with van der Waals surface area (Å²) in [5, 5.41) is 29.4. The SMILES string of the molecule is CON=C(C(=O)NC1C(=O)N2C(C(=O)O)=C(CSc3nnnn3C)CS[C@H]12)C1=CSCCS1. The van der Waals surface area contributed by atoms with E-state index in [-0.39, 0.29) is 11.4 Å². The van der Waals surface area contributed by atoms with Crippen LogP contribution in [0.2, 0.25) is 0 Å². The zero-order valence-electron chi connectivity index (χ0n) is 17.5. The van der Waals surface area contributed by atoms with E-state index < -0.39 is 29.2 Å². The highest BCUT2D eigenvalue weighted by Gasteiger charge is 2.54. The molecule has 3 aliphatic rings. The van der Waals surface area contributed by atoms with E-state index in [1.165, 1.54) is 52.0 Å². The summed E-state index contributed by atoms with van der Waals surface area (Å²) in [6.45, 7) is 0. The molecule has 1 fully saturated rings. The first-order chi connectivity index (χ1) is 15.9. The van der Waals surface area contributed by atoms with Crippen LogP contribution in [0.25, 0.3) is 0 Å². The summed E-state index contributed by atoms with van der Waals surface area (Å²) >= 11 is 5.76. The van der Waals surface area contributed by atoms with Crippen molar-refractivity contribution >= 4 is 70.5 Å². The van der Waals surface area contributed by atoms with Crippen LogP contribution >= 0.6 is 47.0 Å². The van der Waals surface area contributed by atoms with Gasteiger partial charge in [-0.05, 0) is 21.4 Å². The molecule has 0 spiro atoms. The summed E-state index contributed by atoms with van der Waals surface area (Å²) in [6.07, 6.45) is 0. The zero-order chi connectivity index (χ0) is 23.5. The molecule has 3 aliphatic heterocycles. The van der Waals surface area contributed by atoms with E-state index in [4.69, 9.17) is 4.84 Å². The number of thioether (sulfide) groups is 4. The van der Waals surface area contributed by atoms with Gasteiger partial charge >= 0.3 is 5.97 Å². The summed E-state index contributed by atoms with van der Waals surface area (Å²) in [5.74, 6) is 0.294. The quantitative estimate of drug-likeness (QED) is 0.207. The first-order valence-electron chi connectivity index (χ1n) is 9.54. The van der Waals surface area contributed by atoms with Crippen molar-refractivity contribution in [3.8, 4) is 0 Å². The number of nitrogens with zero attached hydrogens (tertiary/aromatic N) is 6. The van der Waals surface area contributed by atoms with Crippen molar-refractivity contribution in [2.45, 2.75) is 16.6 Å². The highest BCUT2D eigenvalue weighted by molar-refractivity contribution is 8.10. The smallest absolute Gasteiger partial charge is 0.352 e. The van der Waals surface area contributed by atoms with Crippen molar-refractivity contribution in [3.63, 3.8) is 0 Å². The van der Waals surface area contributed by atoms with Crippen LogP contribution in [0.3, 0.4) is 0 Å². The van der Waals surface area contributed by atoms with Gasteiger partial charge in [-0.3, -0.25) is 14.5 Å². The van der Waals surface area contributed by atoms with Gasteiger partial charge in [0.15, 0.2) is 5.71 Å². The fraction of sp³-hybridized carbons (Fsp3) is 0.471. The molecule has 33 heavy (non-hydrogen) atoms. The number of amides is 2. The number of oxime groups is 1. The number of rotatable bonds is 8. The molecule has 1 saturated heterocycles. The van der Waals surface area contributed by atoms with Crippen molar-refractivity contribution < 1.29 is 24.3 Å². The van der Waals surface area contributed by atoms with Gasteiger partial charge in [0.2, 0.25) is 5.16 Å². The van der Waals surface area contributed by atoms with Gasteiger partial charge in [0.25, 0.3) is 11.8 Å². The van der Waals surface area contributed by atoms with Crippen molar-refractivity contribution in [1.82, 2.24) is 30.4 Å². The average Bonchev–Trinajstić information content (AvgIpc) is 3.23. The minimum Gasteiger partial charge on any atom is -0.477 e. The van der Waals surface area contributed by atoms with E-state index in [1.54, 1.807) is 18.8 Å². The highest BCUT2D eigenvalue weighted by atomic mass is 32.2. The second-order valence-electron chi connectivity index (χ2n) is 6.82. The molecule has 0 saturated carbocycles. The molecular formula is C17H19N7O5S4. The molecule has 4 rings (SSSR count). The Morgan fingerprint density at radius 3 is 2.88 bits per heavy atom. The van der Waals surface area contributed by atoms with Crippen LogP contribution in [-0.4, -0.2) is 95.2 Å². The topological polar surface area (TPSA) is 152 Å². The number of carboxylic acids is 1. The number of aryl methyl sites for hydroxylation is 1. The Balaban J connectivity index is 1.48. The molecule has 2 N–H and O–H groups in total. The molecule has 12 nitrogen and oxygen atoms in total. The van der Waals surface area contributed by atoms with Crippen molar-refractivity contribution in [1.29, 1.82) is 0 Å². The third-order valence-electron chi connectivity index (χ3n) is 4.77. The van der Waals surface area contributed by atoms with Gasteiger partial charge in [-0.25, -0.2) is 9.48 Å². The predicted octanol–water partition coefficient (Wildman–Crippen LogP) is 0.365. The van der Waals surface area contributed by atoms with Gasteiger partial charge in [0, 0.05) is 35.0 Å². The lowest BCUT2D eigenvalue weighted by Crippen LogP contribution is -2.71. The Hall–Kier alpha value is -2.17. The molecule has 1 unspecified atom stereocenters. The molecule has 0 radical (unpaired) electrons. The van der Waals surface area contributed by atoms with E-state index in [2.05, 4.69) is 26.0 Å². The lowest BCUT2D eigenvalue weighted by atomic mass is 10.0. The number of tetrazole rings is 1. The van der Waals surface area contributed by atoms with Gasteiger partial charge in [-0.2, -0.15) is 0 Å². The summed E-state index contributed by atoms with van der Waals surface area (Å²) in [4.78, 5) is 44.5. The van der Waals surface area contributed by atoms with Crippen molar-refractivity contribution in [2.75, 3.05) is 30.1 Å². The lowest BCUT2D eigenvalue weighted by molar-refractivity contribution is -0.150. The molecule has 1 aromatic heterocycles. The van der Waals surface area contributed by atoms with Crippen LogP contribution in [0.5, 0.6) is 0 Å². The number of carbonyl (C=O) groups is 3. The zero-order valence-corrected chi connectivity index (χ0v) is 20.7. The summed E-state index contributed by atoms with van der Waals surface area (Å²) in [5.41, 5.74) is 0.645. The highest BCUT2D eigenvalue weighted by Crippen LogP contribution is 2.41. The molecule has 2 amide bonds. The van der Waals surface area contributed by atoms with Crippen molar-refractivity contribution in [3.05, 3.63) is 21.6 Å². The maximum Gasteiger partial charge on any atom is 0.352 e. The number of aliphatic carboxylic acids is 1. The number of fused-ring (bicyclic) bond motifs is 1. The molecule has 4 heterocycles. The van der Waals surface area contributed by atoms with Gasteiger partial charge in [-0.15, -0.1) is 40.4 Å². The fourth-order valence-electron chi connectivity index (χ4n) is 3.28. The summed E-state index contributed by atoms with van der Waals surface area (Å²) in [6, 6.07) is -0.849. The normalized spacial score (nSPS) is 23.0. The van der Waals surface area contributed by atoms with Crippen LogP contribution in [0, 0.1) is 0 Å². The lowest BCUT2D eigenvalue weighted by Gasteiger charge is -2.49. The minimum absolute atomic E-state index is 0.0513. The second kappa shape index (κ2) is 10.4. The van der Waals surface area contributed by atoms with E-state index in [9.17, 15) is 19.5 Å². The standard InChI is InChI=1S/C17H19N7O5S4/c1-23-17(19-21-22-23)33-6-8-5-32-15-11(14(26)24(15)12(8)16(27)28)18-13(25)10(20-29-2)9-7-30-3-4-31-9/h7,11,15H,3-6H2,1-2H3,(H,18,25)(H,27,28)/t11?,15-/m1/s1. The Morgan fingerprint density at radius 1 is 1.42 bits per heavy atom. The second-order valence-corrected chi connectivity index (χ2v) is 11.0. The number of hydrogen-bond acceptors (Lipinski definition) is 12. The Labute approximate surface area is 205 Å². The third kappa shape index (κ3) is 4.88. The van der Waals surface area contributed by atoms with Gasteiger partial charge in [-0.1, -0.05) is 16.9 Å². The first-order valence-corrected chi connectivity index (χ1v) is 13.6. The average molecular weight is 530 g/mol. The van der Waals surface area contributed by atoms with Gasteiger partial charge in [0.05, 0.1) is 0 Å². The third-order valence-corrected chi connectivity index (χ3v) is 9.49. The molecule has 176 valence electrons. The number of carbonyl (C=O) groups excluding carboxylic acids is 2. The van der Waals surface area contributed by atoms with Crippen LogP contribution in [0.15, 0.2) is 31.9 Å². The van der Waals surface area contributed by atoms with Crippen molar-refractivity contribution in [2.24, 2.45) is 12.2 Å². The molecule has 1 aromatic rings. The summed E-state index contributed by atoms with van der Waals surface area (Å²) < 4.78 is 1.49. The van der Waals surface area contributed by atoms with Gasteiger partial charge in [0.1, 0.15) is 24.2 Å². The maximum absolute atomic E-state index is 12.9. The summed E-state index contributed by atoms with van der Waals surface area (Å²) in [7, 11) is 3.04. The monoisotopic (exact) mass is 529 g/mol. The molecule has 0 aromatic carbocycles. The maximum atomic E-state index is 12.9. The number of carboxylic acid groups (broad SMARTS) is 1. The van der Waals surface area contributed by atoms with Crippen LogP contribution < -0.4 is 5.32 Å². The number of β-lactam (4-membered cyclic amide) rings is 1. The Bertz CT molecular complexity index is 1070. The van der Waals surface area contributed by atoms with E-state index >= 15 is 0 Å². The Kier molecular flexibility index (Phi) is 7.55. The van der Waals surface area contributed by atoms with Gasteiger partial charge < -0.3 is 15.3 Å². The van der Waals surface area contributed by atoms with E-state index in [1.807, 2.05) is 5.41 Å². The van der Waals surface area contributed by atoms with Crippen LogP contribution in [0.4, 0.5) is 0 Å². The molecule has 0 aliphatic carbocycles. The number of aromatic nitrogens is 4. The molecule has 0 bridgehead atoms. The minimum atomic E-state index is -1.19. The van der Waals surface area contributed by atoms with E-state index in [0.29, 0.717) is 27.1 Å². The number of nitrogens with one attached hydrogen (secondary N) is 1. The fourth-order valence-corrected chi connectivity index (χ4v) is 7.68. The molecular weight excluding hydrogens is 510 g/mol. The van der Waals surface area contributed by atoms with E-state index in [0.717, 1.165) is 11.5 Å².